The van der Waals surface area contributed by atoms with Crippen molar-refractivity contribution in [1.29, 1.82) is 0 Å². The summed E-state index contributed by atoms with van der Waals surface area (Å²) in [5.74, 6) is 3.00. The smallest absolute Gasteiger partial charge is 0.230 e. The number of methoxy groups -OCH3 is 1. The van der Waals surface area contributed by atoms with Crippen molar-refractivity contribution in [3.05, 3.63) is 42.1 Å². The summed E-state index contributed by atoms with van der Waals surface area (Å²) in [7, 11) is 1.67. The third-order valence-electron chi connectivity index (χ3n) is 4.50. The van der Waals surface area contributed by atoms with Crippen LogP contribution in [-0.2, 0) is 21.8 Å². The minimum absolute atomic E-state index is 0.0260. The number of carbonyl (C=O) groups excluding carboxylic acids is 1. The fourth-order valence-corrected chi connectivity index (χ4v) is 4.46. The molecule has 2 aromatic heterocycles. The van der Waals surface area contributed by atoms with Gasteiger partial charge in [0.1, 0.15) is 5.82 Å². The van der Waals surface area contributed by atoms with Crippen molar-refractivity contribution >= 4 is 46.3 Å². The van der Waals surface area contributed by atoms with Gasteiger partial charge in [-0.25, -0.2) is 14.6 Å². The normalized spacial score (nSPS) is 11.1. The molecule has 2 N–H and O–H groups in total. The van der Waals surface area contributed by atoms with Gasteiger partial charge in [-0.05, 0) is 12.0 Å². The number of thioether (sulfide) groups is 2. The number of carbonyl (C=O) groups is 1. The Labute approximate surface area is 197 Å². The average molecular weight is 475 g/mol. The number of hydrogen-bond acceptors (Lipinski definition) is 8. The summed E-state index contributed by atoms with van der Waals surface area (Å²) in [5, 5.41) is 12.4. The molecule has 0 atom stereocenters. The third kappa shape index (κ3) is 7.39. The van der Waals surface area contributed by atoms with Gasteiger partial charge in [-0.1, -0.05) is 49.0 Å². The lowest BCUT2D eigenvalue weighted by Crippen LogP contribution is -2.29. The second-order valence-electron chi connectivity index (χ2n) is 7.06. The topological polar surface area (TPSA) is 94.0 Å². The number of aromatic nitrogens is 4. The summed E-state index contributed by atoms with van der Waals surface area (Å²) < 4.78 is 6.96. The van der Waals surface area contributed by atoms with Crippen molar-refractivity contribution in [2.75, 3.05) is 43.6 Å². The number of hydrogen-bond donors (Lipinski definition) is 2. The average Bonchev–Trinajstić information content (AvgIpc) is 3.21. The third-order valence-corrected chi connectivity index (χ3v) is 6.56. The number of ether oxygens (including phenoxy) is 1. The van der Waals surface area contributed by atoms with Crippen molar-refractivity contribution < 1.29 is 9.53 Å². The molecule has 3 rings (SSSR count). The van der Waals surface area contributed by atoms with Crippen LogP contribution in [0.3, 0.4) is 0 Å². The minimum atomic E-state index is 0.0260. The quantitative estimate of drug-likeness (QED) is 0.208. The monoisotopic (exact) mass is 474 g/mol. The number of nitrogens with zero attached hydrogens (tertiary/aromatic N) is 4. The summed E-state index contributed by atoms with van der Waals surface area (Å²) in [6, 6.07) is 10.2. The van der Waals surface area contributed by atoms with Gasteiger partial charge in [-0.15, -0.1) is 11.8 Å². The van der Waals surface area contributed by atoms with E-state index in [-0.39, 0.29) is 5.91 Å². The second kappa shape index (κ2) is 13.3. The molecule has 0 unspecified atom stereocenters. The highest BCUT2D eigenvalue weighted by Crippen LogP contribution is 2.24. The summed E-state index contributed by atoms with van der Waals surface area (Å²) in [6.45, 7) is 4.42. The SMILES string of the molecule is CCCSc1nc(NCCOC)c2cnn(CCNC(=O)CSCc3ccccc3)c2n1. The molecule has 0 fully saturated rings. The molecule has 0 aliphatic carbocycles. The van der Waals surface area contributed by atoms with Gasteiger partial charge < -0.3 is 15.4 Å². The van der Waals surface area contributed by atoms with Crippen molar-refractivity contribution in [1.82, 2.24) is 25.1 Å². The molecule has 8 nitrogen and oxygen atoms in total. The zero-order chi connectivity index (χ0) is 22.6. The number of benzene rings is 1. The zero-order valence-electron chi connectivity index (χ0n) is 18.5. The van der Waals surface area contributed by atoms with E-state index in [4.69, 9.17) is 9.72 Å². The zero-order valence-corrected chi connectivity index (χ0v) is 20.2. The van der Waals surface area contributed by atoms with Gasteiger partial charge in [0.05, 0.1) is 30.5 Å². The lowest BCUT2D eigenvalue weighted by atomic mass is 10.2. The first-order valence-electron chi connectivity index (χ1n) is 10.7. The van der Waals surface area contributed by atoms with E-state index in [2.05, 4.69) is 39.8 Å². The van der Waals surface area contributed by atoms with E-state index in [0.29, 0.717) is 32.0 Å². The maximum absolute atomic E-state index is 12.2. The predicted molar refractivity (Wildman–Crippen MR) is 132 cm³/mol. The van der Waals surface area contributed by atoms with Gasteiger partial charge in [-0.3, -0.25) is 4.79 Å². The Morgan fingerprint density at radius 3 is 2.81 bits per heavy atom. The van der Waals surface area contributed by atoms with Crippen molar-refractivity contribution in [2.24, 2.45) is 0 Å². The van der Waals surface area contributed by atoms with Crippen LogP contribution < -0.4 is 10.6 Å². The molecule has 10 heteroatoms. The first-order valence-corrected chi connectivity index (χ1v) is 12.8. The van der Waals surface area contributed by atoms with Crippen LogP contribution in [0.25, 0.3) is 11.0 Å². The molecular formula is C22H30N6O2S2. The molecule has 172 valence electrons. The van der Waals surface area contributed by atoms with E-state index in [1.54, 1.807) is 36.8 Å². The first kappa shape index (κ1) is 24.3. The Morgan fingerprint density at radius 2 is 2.03 bits per heavy atom. The van der Waals surface area contributed by atoms with Gasteiger partial charge in [0, 0.05) is 31.7 Å². The van der Waals surface area contributed by atoms with Gasteiger partial charge in [0.15, 0.2) is 10.8 Å². The van der Waals surface area contributed by atoms with Gasteiger partial charge >= 0.3 is 0 Å². The molecule has 2 heterocycles. The van der Waals surface area contributed by atoms with Crippen molar-refractivity contribution in [3.8, 4) is 0 Å². The lowest BCUT2D eigenvalue weighted by molar-refractivity contribution is -0.118. The molecule has 3 aromatic rings. The standard InChI is InChI=1S/C22H30N6O2S2/c1-3-13-32-22-26-20(24-10-12-30-2)18-14-25-28(21(18)27-22)11-9-23-19(29)16-31-15-17-7-5-4-6-8-17/h4-8,14H,3,9-13,15-16H2,1-2H3,(H,23,29)(H,24,26,27). The molecule has 0 aliphatic rings. The lowest BCUT2D eigenvalue weighted by Gasteiger charge is -2.10. The van der Waals surface area contributed by atoms with E-state index in [0.717, 1.165) is 39.9 Å². The highest BCUT2D eigenvalue weighted by molar-refractivity contribution is 7.99. The number of nitrogens with one attached hydrogen (secondary N) is 2. The van der Waals surface area contributed by atoms with E-state index in [9.17, 15) is 4.79 Å². The molecule has 1 amide bonds. The predicted octanol–water partition coefficient (Wildman–Crippen LogP) is 3.44. The van der Waals surface area contributed by atoms with E-state index >= 15 is 0 Å². The van der Waals surface area contributed by atoms with Crippen LogP contribution in [0.4, 0.5) is 5.82 Å². The molecule has 0 saturated heterocycles. The van der Waals surface area contributed by atoms with Crippen LogP contribution in [0, 0.1) is 0 Å². The molecule has 0 aliphatic heterocycles. The van der Waals surface area contributed by atoms with Crippen molar-refractivity contribution in [2.45, 2.75) is 30.8 Å². The van der Waals surface area contributed by atoms with Crippen LogP contribution in [0.5, 0.6) is 0 Å². The molecule has 0 spiro atoms. The highest BCUT2D eigenvalue weighted by Gasteiger charge is 2.13. The van der Waals surface area contributed by atoms with E-state index in [1.165, 1.54) is 5.56 Å². The van der Waals surface area contributed by atoms with Crippen molar-refractivity contribution in [3.63, 3.8) is 0 Å². The Bertz CT molecular complexity index is 983. The number of amides is 1. The summed E-state index contributed by atoms with van der Waals surface area (Å²) in [5.41, 5.74) is 1.99. The second-order valence-corrected chi connectivity index (χ2v) is 9.10. The minimum Gasteiger partial charge on any atom is -0.383 e. The Hall–Kier alpha value is -2.30. The fraction of sp³-hybridized carbons (Fsp3) is 0.455. The van der Waals surface area contributed by atoms with Crippen LogP contribution in [0.1, 0.15) is 18.9 Å². The molecular weight excluding hydrogens is 444 g/mol. The molecule has 0 radical (unpaired) electrons. The van der Waals surface area contributed by atoms with Crippen LogP contribution in [0.15, 0.2) is 41.7 Å². The molecule has 1 aromatic carbocycles. The fourth-order valence-electron chi connectivity index (χ4n) is 2.95. The molecule has 0 saturated carbocycles. The van der Waals surface area contributed by atoms with Gasteiger partial charge in [0.2, 0.25) is 5.91 Å². The van der Waals surface area contributed by atoms with Gasteiger partial charge in [-0.2, -0.15) is 5.10 Å². The Balaban J connectivity index is 1.56. The van der Waals surface area contributed by atoms with Crippen LogP contribution >= 0.6 is 23.5 Å². The Morgan fingerprint density at radius 1 is 1.19 bits per heavy atom. The number of fused-ring (bicyclic) bond motifs is 1. The summed E-state index contributed by atoms with van der Waals surface area (Å²) in [4.78, 5) is 21.5. The largest absolute Gasteiger partial charge is 0.383 e. The van der Waals surface area contributed by atoms with E-state index in [1.807, 2.05) is 22.9 Å². The Kier molecular flexibility index (Phi) is 10.1. The number of anilines is 1. The van der Waals surface area contributed by atoms with Crippen LogP contribution in [0.2, 0.25) is 0 Å². The maximum Gasteiger partial charge on any atom is 0.230 e. The van der Waals surface area contributed by atoms with Crippen LogP contribution in [-0.4, -0.2) is 64.0 Å². The van der Waals surface area contributed by atoms with Gasteiger partial charge in [0.25, 0.3) is 0 Å². The molecule has 0 bridgehead atoms. The van der Waals surface area contributed by atoms with E-state index < -0.39 is 0 Å². The molecule has 32 heavy (non-hydrogen) atoms. The summed E-state index contributed by atoms with van der Waals surface area (Å²) >= 11 is 3.24. The summed E-state index contributed by atoms with van der Waals surface area (Å²) in [6.07, 6.45) is 2.82. The number of rotatable bonds is 14. The first-order chi connectivity index (χ1) is 15.7. The highest BCUT2D eigenvalue weighted by atomic mass is 32.2. The maximum atomic E-state index is 12.2.